The summed E-state index contributed by atoms with van der Waals surface area (Å²) >= 11 is 7.44. The normalized spacial score (nSPS) is 12.7. The minimum Gasteiger partial charge on any atom is -0.322 e. The first-order chi connectivity index (χ1) is 7.25. The standard InChI is InChI=1S/C11H11ClN2S/c12-9-1-2-11(14-6-9)10(13)5-8-3-4-15-7-8/h1-4,6-7,10H,5,13H2. The van der Waals surface area contributed by atoms with Crippen LogP contribution in [0.1, 0.15) is 17.3 Å². The van der Waals surface area contributed by atoms with E-state index in [9.17, 15) is 0 Å². The molecule has 0 aromatic carbocycles. The van der Waals surface area contributed by atoms with Crippen molar-refractivity contribution in [3.63, 3.8) is 0 Å². The van der Waals surface area contributed by atoms with E-state index in [1.807, 2.05) is 12.1 Å². The lowest BCUT2D eigenvalue weighted by molar-refractivity contribution is 0.698. The molecule has 2 N–H and O–H groups in total. The van der Waals surface area contributed by atoms with Crippen molar-refractivity contribution in [1.29, 1.82) is 0 Å². The van der Waals surface area contributed by atoms with E-state index < -0.39 is 0 Å². The third kappa shape index (κ3) is 2.78. The Morgan fingerprint density at radius 3 is 2.87 bits per heavy atom. The van der Waals surface area contributed by atoms with Crippen molar-refractivity contribution in [2.24, 2.45) is 5.73 Å². The Bertz CT molecular complexity index is 411. The largest absolute Gasteiger partial charge is 0.322 e. The molecular formula is C11H11ClN2S. The lowest BCUT2D eigenvalue weighted by atomic mass is 10.1. The minimum atomic E-state index is -0.0585. The smallest absolute Gasteiger partial charge is 0.0589 e. The van der Waals surface area contributed by atoms with Gasteiger partial charge in [-0.3, -0.25) is 4.98 Å². The monoisotopic (exact) mass is 238 g/mol. The zero-order valence-electron chi connectivity index (χ0n) is 8.06. The van der Waals surface area contributed by atoms with E-state index in [4.69, 9.17) is 17.3 Å². The first kappa shape index (κ1) is 10.6. The van der Waals surface area contributed by atoms with E-state index >= 15 is 0 Å². The van der Waals surface area contributed by atoms with Crippen LogP contribution in [0.5, 0.6) is 0 Å². The molecule has 0 saturated heterocycles. The second-order valence-corrected chi connectivity index (χ2v) is 4.56. The molecule has 2 heterocycles. The molecule has 2 nitrogen and oxygen atoms in total. The summed E-state index contributed by atoms with van der Waals surface area (Å²) < 4.78 is 0. The van der Waals surface area contributed by atoms with Gasteiger partial charge in [-0.05, 0) is 40.9 Å². The molecule has 0 saturated carbocycles. The maximum Gasteiger partial charge on any atom is 0.0589 e. The van der Waals surface area contributed by atoms with Gasteiger partial charge in [0.05, 0.1) is 16.8 Å². The summed E-state index contributed by atoms with van der Waals surface area (Å²) in [5, 5.41) is 4.80. The average Bonchev–Trinajstić information content (AvgIpc) is 2.71. The Labute approximate surface area is 97.7 Å². The molecule has 1 atom stereocenters. The van der Waals surface area contributed by atoms with Crippen molar-refractivity contribution in [3.05, 3.63) is 51.4 Å². The maximum absolute atomic E-state index is 6.04. The van der Waals surface area contributed by atoms with Crippen LogP contribution in [-0.2, 0) is 6.42 Å². The number of halogens is 1. The van der Waals surface area contributed by atoms with Crippen LogP contribution >= 0.6 is 22.9 Å². The number of hydrogen-bond donors (Lipinski definition) is 1. The number of nitrogens with zero attached hydrogens (tertiary/aromatic N) is 1. The summed E-state index contributed by atoms with van der Waals surface area (Å²) in [6.07, 6.45) is 2.45. The van der Waals surface area contributed by atoms with Crippen molar-refractivity contribution < 1.29 is 0 Å². The van der Waals surface area contributed by atoms with Gasteiger partial charge in [0, 0.05) is 6.20 Å². The highest BCUT2D eigenvalue weighted by Gasteiger charge is 2.08. The molecule has 0 aliphatic carbocycles. The van der Waals surface area contributed by atoms with E-state index in [1.165, 1.54) is 5.56 Å². The third-order valence-corrected chi connectivity index (χ3v) is 3.12. The van der Waals surface area contributed by atoms with Gasteiger partial charge in [-0.15, -0.1) is 0 Å². The molecule has 2 aromatic rings. The highest BCUT2D eigenvalue weighted by atomic mass is 35.5. The van der Waals surface area contributed by atoms with Gasteiger partial charge in [0.2, 0.25) is 0 Å². The van der Waals surface area contributed by atoms with E-state index in [-0.39, 0.29) is 6.04 Å². The zero-order valence-corrected chi connectivity index (χ0v) is 9.63. The summed E-state index contributed by atoms with van der Waals surface area (Å²) in [5.74, 6) is 0. The molecule has 0 aliphatic rings. The van der Waals surface area contributed by atoms with Crippen molar-refractivity contribution in [2.45, 2.75) is 12.5 Å². The second-order valence-electron chi connectivity index (χ2n) is 3.34. The van der Waals surface area contributed by atoms with Crippen LogP contribution in [0.15, 0.2) is 35.2 Å². The topological polar surface area (TPSA) is 38.9 Å². The van der Waals surface area contributed by atoms with E-state index in [0.29, 0.717) is 5.02 Å². The van der Waals surface area contributed by atoms with Crippen molar-refractivity contribution in [3.8, 4) is 0 Å². The van der Waals surface area contributed by atoms with Crippen LogP contribution in [-0.4, -0.2) is 4.98 Å². The Hall–Kier alpha value is -0.900. The molecule has 2 aromatic heterocycles. The van der Waals surface area contributed by atoms with Gasteiger partial charge in [0.25, 0.3) is 0 Å². The molecule has 0 fully saturated rings. The SMILES string of the molecule is NC(Cc1ccsc1)c1ccc(Cl)cn1. The van der Waals surface area contributed by atoms with E-state index in [0.717, 1.165) is 12.1 Å². The first-order valence-electron chi connectivity index (χ1n) is 4.64. The number of nitrogens with two attached hydrogens (primary N) is 1. The lowest BCUT2D eigenvalue weighted by Gasteiger charge is -2.09. The van der Waals surface area contributed by atoms with Gasteiger partial charge in [-0.1, -0.05) is 11.6 Å². The molecular weight excluding hydrogens is 228 g/mol. The molecule has 0 bridgehead atoms. The van der Waals surface area contributed by atoms with Crippen LogP contribution in [0, 0.1) is 0 Å². The molecule has 78 valence electrons. The zero-order chi connectivity index (χ0) is 10.7. The molecule has 0 spiro atoms. The van der Waals surface area contributed by atoms with Gasteiger partial charge in [0.1, 0.15) is 0 Å². The summed E-state index contributed by atoms with van der Waals surface area (Å²) in [6.45, 7) is 0. The summed E-state index contributed by atoms with van der Waals surface area (Å²) in [5.41, 5.74) is 8.17. The Balaban J connectivity index is 2.08. The summed E-state index contributed by atoms with van der Waals surface area (Å²) in [7, 11) is 0. The van der Waals surface area contributed by atoms with E-state index in [2.05, 4.69) is 21.8 Å². The Morgan fingerprint density at radius 1 is 1.40 bits per heavy atom. The van der Waals surface area contributed by atoms with Gasteiger partial charge in [-0.25, -0.2) is 0 Å². The molecule has 0 aliphatic heterocycles. The fourth-order valence-electron chi connectivity index (χ4n) is 1.37. The Kier molecular flexibility index (Phi) is 3.36. The number of rotatable bonds is 3. The molecule has 1 unspecified atom stereocenters. The minimum absolute atomic E-state index is 0.0585. The third-order valence-electron chi connectivity index (χ3n) is 2.17. The first-order valence-corrected chi connectivity index (χ1v) is 5.96. The summed E-state index contributed by atoms with van der Waals surface area (Å²) in [6, 6.07) is 5.72. The van der Waals surface area contributed by atoms with Gasteiger partial charge in [-0.2, -0.15) is 11.3 Å². The van der Waals surface area contributed by atoms with Crippen LogP contribution in [0.3, 0.4) is 0 Å². The lowest BCUT2D eigenvalue weighted by Crippen LogP contribution is -2.14. The molecule has 15 heavy (non-hydrogen) atoms. The van der Waals surface area contributed by atoms with Gasteiger partial charge in [0.15, 0.2) is 0 Å². The van der Waals surface area contributed by atoms with Crippen LogP contribution < -0.4 is 5.73 Å². The highest BCUT2D eigenvalue weighted by Crippen LogP contribution is 2.17. The quantitative estimate of drug-likeness (QED) is 0.893. The van der Waals surface area contributed by atoms with E-state index in [1.54, 1.807) is 17.5 Å². The van der Waals surface area contributed by atoms with Gasteiger partial charge < -0.3 is 5.73 Å². The van der Waals surface area contributed by atoms with Gasteiger partial charge >= 0.3 is 0 Å². The van der Waals surface area contributed by atoms with Crippen molar-refractivity contribution in [2.75, 3.05) is 0 Å². The summed E-state index contributed by atoms with van der Waals surface area (Å²) in [4.78, 5) is 4.21. The second kappa shape index (κ2) is 4.75. The highest BCUT2D eigenvalue weighted by molar-refractivity contribution is 7.07. The van der Waals surface area contributed by atoms with Crippen LogP contribution in [0.4, 0.5) is 0 Å². The van der Waals surface area contributed by atoms with Crippen molar-refractivity contribution >= 4 is 22.9 Å². The van der Waals surface area contributed by atoms with Crippen molar-refractivity contribution in [1.82, 2.24) is 4.98 Å². The predicted octanol–water partition coefficient (Wildman–Crippen LogP) is 3.04. The molecule has 0 radical (unpaired) electrons. The molecule has 4 heteroatoms. The Morgan fingerprint density at radius 2 is 2.27 bits per heavy atom. The fraction of sp³-hybridized carbons (Fsp3) is 0.182. The number of hydrogen-bond acceptors (Lipinski definition) is 3. The maximum atomic E-state index is 6.04. The molecule has 2 rings (SSSR count). The predicted molar refractivity (Wildman–Crippen MR) is 64.2 cm³/mol. The number of aromatic nitrogens is 1. The fourth-order valence-corrected chi connectivity index (χ4v) is 2.17. The number of thiophene rings is 1. The van der Waals surface area contributed by atoms with Crippen LogP contribution in [0.25, 0.3) is 0 Å². The molecule has 0 amide bonds. The number of pyridine rings is 1. The average molecular weight is 239 g/mol. The van der Waals surface area contributed by atoms with Crippen LogP contribution in [0.2, 0.25) is 5.02 Å².